The number of aromatic hydroxyl groups is 1. The van der Waals surface area contributed by atoms with Crippen LogP contribution in [0.25, 0.3) is 22.3 Å². The topological polar surface area (TPSA) is 79.9 Å². The summed E-state index contributed by atoms with van der Waals surface area (Å²) < 4.78 is 11.6. The number of hydrogen-bond acceptors (Lipinski definition) is 4. The van der Waals surface area contributed by atoms with Crippen molar-refractivity contribution in [2.24, 2.45) is 0 Å². The maximum atomic E-state index is 11.3. The number of benzene rings is 3. The highest BCUT2D eigenvalue weighted by molar-refractivity contribution is 6.00. The summed E-state index contributed by atoms with van der Waals surface area (Å²) in [4.78, 5) is 11.3. The molecule has 0 aliphatic rings. The van der Waals surface area contributed by atoms with Crippen LogP contribution in [0.4, 0.5) is 0 Å². The summed E-state index contributed by atoms with van der Waals surface area (Å²) in [6, 6.07) is 19.2. The van der Waals surface area contributed by atoms with Crippen molar-refractivity contribution in [3.63, 3.8) is 0 Å². The Labute approximate surface area is 160 Å². The minimum Gasteiger partial charge on any atom is -0.507 e. The number of ether oxygens (including phenoxy) is 1. The van der Waals surface area contributed by atoms with Crippen LogP contribution in [0.2, 0.25) is 0 Å². The van der Waals surface area contributed by atoms with E-state index in [9.17, 15) is 15.0 Å². The zero-order chi connectivity index (χ0) is 19.7. The van der Waals surface area contributed by atoms with Crippen molar-refractivity contribution in [1.82, 2.24) is 0 Å². The van der Waals surface area contributed by atoms with E-state index < -0.39 is 5.97 Å². The molecule has 5 nitrogen and oxygen atoms in total. The van der Waals surface area contributed by atoms with Gasteiger partial charge in [-0.15, -0.1) is 6.42 Å². The van der Waals surface area contributed by atoms with E-state index >= 15 is 0 Å². The molecule has 136 valence electrons. The number of furan rings is 1. The largest absolute Gasteiger partial charge is 0.507 e. The summed E-state index contributed by atoms with van der Waals surface area (Å²) in [5.74, 6) is 2.73. The SMILES string of the molecule is C#Cc1c(-c2ccc(Oc3ccccc3)cc2)oc2cc(O)c(C(=O)O)cc12. The van der Waals surface area contributed by atoms with Gasteiger partial charge < -0.3 is 19.4 Å². The summed E-state index contributed by atoms with van der Waals surface area (Å²) in [6.45, 7) is 0. The van der Waals surface area contributed by atoms with Crippen LogP contribution < -0.4 is 4.74 Å². The summed E-state index contributed by atoms with van der Waals surface area (Å²) in [5.41, 5.74) is 1.22. The van der Waals surface area contributed by atoms with E-state index in [0.717, 1.165) is 5.75 Å². The lowest BCUT2D eigenvalue weighted by Crippen LogP contribution is -1.96. The van der Waals surface area contributed by atoms with E-state index in [1.165, 1.54) is 12.1 Å². The molecule has 0 saturated heterocycles. The van der Waals surface area contributed by atoms with Gasteiger partial charge in [0.05, 0.1) is 5.56 Å². The average molecular weight is 370 g/mol. The lowest BCUT2D eigenvalue weighted by molar-refractivity contribution is 0.0694. The van der Waals surface area contributed by atoms with E-state index in [0.29, 0.717) is 33.6 Å². The predicted octanol–water partition coefficient (Wildman–Crippen LogP) is 5.28. The first-order valence-electron chi connectivity index (χ1n) is 8.39. The van der Waals surface area contributed by atoms with Crippen LogP contribution in [-0.2, 0) is 0 Å². The molecule has 28 heavy (non-hydrogen) atoms. The summed E-state index contributed by atoms with van der Waals surface area (Å²) in [6.07, 6.45) is 5.65. The molecule has 4 rings (SSSR count). The van der Waals surface area contributed by atoms with E-state index in [1.54, 1.807) is 24.3 Å². The van der Waals surface area contributed by atoms with Crippen molar-refractivity contribution < 1.29 is 24.2 Å². The van der Waals surface area contributed by atoms with Gasteiger partial charge in [-0.25, -0.2) is 4.79 Å². The third-order valence-corrected chi connectivity index (χ3v) is 4.28. The molecule has 0 fully saturated rings. The van der Waals surface area contributed by atoms with Gasteiger partial charge >= 0.3 is 5.97 Å². The average Bonchev–Trinajstić information content (AvgIpc) is 3.05. The number of rotatable bonds is 4. The van der Waals surface area contributed by atoms with Gasteiger partial charge in [-0.1, -0.05) is 24.1 Å². The fourth-order valence-electron chi connectivity index (χ4n) is 2.95. The van der Waals surface area contributed by atoms with Gasteiger partial charge in [0.15, 0.2) is 5.76 Å². The summed E-state index contributed by atoms with van der Waals surface area (Å²) >= 11 is 0. The van der Waals surface area contributed by atoms with Gasteiger partial charge in [0.25, 0.3) is 0 Å². The van der Waals surface area contributed by atoms with Gasteiger partial charge in [-0.3, -0.25) is 0 Å². The molecule has 5 heteroatoms. The van der Waals surface area contributed by atoms with Crippen LogP contribution in [0, 0.1) is 12.3 Å². The van der Waals surface area contributed by atoms with Gasteiger partial charge in [-0.05, 0) is 42.5 Å². The van der Waals surface area contributed by atoms with E-state index in [-0.39, 0.29) is 11.3 Å². The standard InChI is InChI=1S/C23H14O5/c1-2-17-18-12-19(23(25)26)20(24)13-21(18)28-22(17)14-8-10-16(11-9-14)27-15-6-4-3-5-7-15/h1,3-13,24H,(H,25,26). The van der Waals surface area contributed by atoms with Gasteiger partial charge in [-0.2, -0.15) is 0 Å². The Bertz CT molecular complexity index is 1210. The van der Waals surface area contributed by atoms with Crippen molar-refractivity contribution >= 4 is 16.9 Å². The first kappa shape index (κ1) is 17.3. The molecule has 3 aromatic carbocycles. The number of fused-ring (bicyclic) bond motifs is 1. The second-order valence-electron chi connectivity index (χ2n) is 6.06. The van der Waals surface area contributed by atoms with Crippen molar-refractivity contribution in [1.29, 1.82) is 0 Å². The predicted molar refractivity (Wildman–Crippen MR) is 105 cm³/mol. The molecule has 4 aromatic rings. The van der Waals surface area contributed by atoms with Crippen LogP contribution in [0.5, 0.6) is 17.2 Å². The van der Waals surface area contributed by atoms with E-state index in [1.807, 2.05) is 30.3 Å². The van der Waals surface area contributed by atoms with Crippen molar-refractivity contribution in [2.75, 3.05) is 0 Å². The van der Waals surface area contributed by atoms with Crippen LogP contribution in [-0.4, -0.2) is 16.2 Å². The second kappa shape index (κ2) is 6.86. The van der Waals surface area contributed by atoms with Crippen LogP contribution >= 0.6 is 0 Å². The molecule has 0 bridgehead atoms. The number of phenols is 1. The molecule has 0 atom stereocenters. The molecule has 0 spiro atoms. The van der Waals surface area contributed by atoms with Crippen LogP contribution in [0.1, 0.15) is 15.9 Å². The lowest BCUT2D eigenvalue weighted by atomic mass is 10.0. The number of terminal acetylenes is 1. The fraction of sp³-hybridized carbons (Fsp3) is 0. The highest BCUT2D eigenvalue weighted by Gasteiger charge is 2.19. The van der Waals surface area contributed by atoms with Crippen LogP contribution in [0.3, 0.4) is 0 Å². The van der Waals surface area contributed by atoms with Crippen molar-refractivity contribution in [3.8, 4) is 40.9 Å². The molecule has 0 unspecified atom stereocenters. The van der Waals surface area contributed by atoms with E-state index in [4.69, 9.17) is 15.6 Å². The summed E-state index contributed by atoms with van der Waals surface area (Å²) in [5, 5.41) is 19.6. The number of carbonyl (C=O) groups is 1. The molecule has 0 amide bonds. The van der Waals surface area contributed by atoms with E-state index in [2.05, 4.69) is 5.92 Å². The van der Waals surface area contributed by atoms with Crippen LogP contribution in [0.15, 0.2) is 71.1 Å². The number of carboxylic acid groups (broad SMARTS) is 1. The lowest BCUT2D eigenvalue weighted by Gasteiger charge is -2.06. The number of hydrogen-bond donors (Lipinski definition) is 2. The molecule has 0 saturated carbocycles. The Morgan fingerprint density at radius 1 is 1.00 bits per heavy atom. The molecule has 0 radical (unpaired) electrons. The third kappa shape index (κ3) is 3.04. The summed E-state index contributed by atoms with van der Waals surface area (Å²) in [7, 11) is 0. The maximum absolute atomic E-state index is 11.3. The maximum Gasteiger partial charge on any atom is 0.339 e. The smallest absolute Gasteiger partial charge is 0.339 e. The Kier molecular flexibility index (Phi) is 4.23. The highest BCUT2D eigenvalue weighted by atomic mass is 16.5. The minimum atomic E-state index is -1.24. The molecular formula is C23H14O5. The van der Waals surface area contributed by atoms with Crippen molar-refractivity contribution in [2.45, 2.75) is 0 Å². The molecule has 0 aliphatic carbocycles. The Morgan fingerprint density at radius 3 is 2.32 bits per heavy atom. The number of carboxylic acids is 1. The zero-order valence-corrected chi connectivity index (χ0v) is 14.5. The Hall–Kier alpha value is -4.17. The number of aromatic carboxylic acids is 1. The van der Waals surface area contributed by atoms with Gasteiger partial charge in [0.2, 0.25) is 0 Å². The molecular weight excluding hydrogens is 356 g/mol. The first-order chi connectivity index (χ1) is 13.6. The zero-order valence-electron chi connectivity index (χ0n) is 14.5. The molecule has 1 aromatic heterocycles. The van der Waals surface area contributed by atoms with Gasteiger partial charge in [0.1, 0.15) is 28.4 Å². The normalized spacial score (nSPS) is 10.5. The quantitative estimate of drug-likeness (QED) is 0.478. The molecule has 2 N–H and O–H groups in total. The highest BCUT2D eigenvalue weighted by Crippen LogP contribution is 2.37. The monoisotopic (exact) mass is 370 g/mol. The Balaban J connectivity index is 1.74. The second-order valence-corrected chi connectivity index (χ2v) is 6.06. The first-order valence-corrected chi connectivity index (χ1v) is 8.39. The van der Waals surface area contributed by atoms with Gasteiger partial charge in [0, 0.05) is 17.0 Å². The fourth-order valence-corrected chi connectivity index (χ4v) is 2.95. The molecule has 1 heterocycles. The molecule has 0 aliphatic heterocycles. The third-order valence-electron chi connectivity index (χ3n) is 4.28. The van der Waals surface area contributed by atoms with Crippen molar-refractivity contribution in [3.05, 3.63) is 77.9 Å². The Morgan fingerprint density at radius 2 is 1.68 bits per heavy atom. The minimum absolute atomic E-state index is 0.233. The number of para-hydroxylation sites is 1.